The van der Waals surface area contributed by atoms with Gasteiger partial charge in [-0.25, -0.2) is 0 Å². The van der Waals surface area contributed by atoms with Gasteiger partial charge in [-0.05, 0) is 18.1 Å². The average molecular weight is 221 g/mol. The molecule has 0 unspecified atom stereocenters. The Morgan fingerprint density at radius 2 is 2.44 bits per heavy atom. The third-order valence-corrected chi connectivity index (χ3v) is 2.33. The van der Waals surface area contributed by atoms with Crippen molar-refractivity contribution >= 4 is 0 Å². The van der Waals surface area contributed by atoms with Crippen LogP contribution in [0.3, 0.4) is 0 Å². The highest BCUT2D eigenvalue weighted by molar-refractivity contribution is 5.09. The van der Waals surface area contributed by atoms with Crippen molar-refractivity contribution < 1.29 is 4.74 Å². The van der Waals surface area contributed by atoms with E-state index >= 15 is 0 Å². The Kier molecular flexibility index (Phi) is 6.31. The van der Waals surface area contributed by atoms with Crippen molar-refractivity contribution in [1.82, 2.24) is 9.88 Å². The van der Waals surface area contributed by atoms with Crippen LogP contribution in [-0.4, -0.2) is 24.8 Å². The van der Waals surface area contributed by atoms with Crippen molar-refractivity contribution in [2.24, 2.45) is 0 Å². The van der Waals surface area contributed by atoms with Gasteiger partial charge < -0.3 is 14.6 Å². The van der Waals surface area contributed by atoms with Crippen LogP contribution in [0, 0.1) is 11.3 Å². The van der Waals surface area contributed by atoms with Gasteiger partial charge in [0.1, 0.15) is 0 Å². The molecule has 0 bridgehead atoms. The summed E-state index contributed by atoms with van der Waals surface area (Å²) < 4.78 is 7.08. The van der Waals surface area contributed by atoms with Gasteiger partial charge in [0.15, 0.2) is 0 Å². The second-order valence-electron chi connectivity index (χ2n) is 3.69. The average Bonchev–Trinajstić information content (AvgIpc) is 2.73. The van der Waals surface area contributed by atoms with Crippen LogP contribution < -0.4 is 5.32 Å². The Morgan fingerprint density at radius 3 is 3.19 bits per heavy atom. The van der Waals surface area contributed by atoms with Gasteiger partial charge in [-0.1, -0.05) is 0 Å². The number of hydrogen-bond acceptors (Lipinski definition) is 3. The maximum Gasteiger partial charge on any atom is 0.0622 e. The molecule has 1 aromatic heterocycles. The predicted molar refractivity (Wildman–Crippen MR) is 62.9 cm³/mol. The fourth-order valence-corrected chi connectivity index (χ4v) is 1.48. The minimum absolute atomic E-state index is 0.625. The number of ether oxygens (including phenoxy) is 1. The molecule has 4 heteroatoms. The molecule has 0 fully saturated rings. The van der Waals surface area contributed by atoms with E-state index < -0.39 is 0 Å². The number of hydrogen-bond donors (Lipinski definition) is 1. The van der Waals surface area contributed by atoms with E-state index in [1.54, 1.807) is 7.11 Å². The number of methoxy groups -OCH3 is 1. The molecular weight excluding hydrogens is 202 g/mol. The SMILES string of the molecule is COCCNCc1ccn(CCCC#N)c1. The first-order valence-electron chi connectivity index (χ1n) is 5.58. The standard InChI is InChI=1S/C12H19N3O/c1-16-9-6-14-10-12-4-8-15(11-12)7-3-2-5-13/h4,8,11,14H,2-3,6-7,9-10H2,1H3. The molecule has 1 heterocycles. The molecule has 0 amide bonds. The molecule has 0 saturated heterocycles. The number of nitrogens with one attached hydrogen (secondary N) is 1. The number of nitriles is 1. The summed E-state index contributed by atoms with van der Waals surface area (Å²) in [5.74, 6) is 0. The molecule has 0 aliphatic carbocycles. The first-order valence-corrected chi connectivity index (χ1v) is 5.58. The Labute approximate surface area is 96.8 Å². The molecule has 4 nitrogen and oxygen atoms in total. The zero-order valence-electron chi connectivity index (χ0n) is 9.78. The molecule has 16 heavy (non-hydrogen) atoms. The highest BCUT2D eigenvalue weighted by atomic mass is 16.5. The van der Waals surface area contributed by atoms with Crippen LogP contribution in [0.4, 0.5) is 0 Å². The second-order valence-corrected chi connectivity index (χ2v) is 3.69. The summed E-state index contributed by atoms with van der Waals surface area (Å²) in [6.07, 6.45) is 5.73. The number of nitrogens with zero attached hydrogens (tertiary/aromatic N) is 2. The van der Waals surface area contributed by atoms with Crippen molar-refractivity contribution in [2.75, 3.05) is 20.3 Å². The second kappa shape index (κ2) is 7.91. The smallest absolute Gasteiger partial charge is 0.0622 e. The van der Waals surface area contributed by atoms with Gasteiger partial charge in [0.05, 0.1) is 12.7 Å². The zero-order chi connectivity index (χ0) is 11.6. The quantitative estimate of drug-likeness (QED) is 0.677. The summed E-state index contributed by atoms with van der Waals surface area (Å²) in [4.78, 5) is 0. The molecule has 0 radical (unpaired) electrons. The molecule has 1 N–H and O–H groups in total. The summed E-state index contributed by atoms with van der Waals surface area (Å²) in [5, 5.41) is 11.7. The molecule has 0 aliphatic heterocycles. The van der Waals surface area contributed by atoms with Crippen LogP contribution in [0.15, 0.2) is 18.5 Å². The topological polar surface area (TPSA) is 50.0 Å². The van der Waals surface area contributed by atoms with E-state index in [1.807, 2.05) is 0 Å². The first kappa shape index (κ1) is 12.8. The minimum Gasteiger partial charge on any atom is -0.383 e. The van der Waals surface area contributed by atoms with Gasteiger partial charge >= 0.3 is 0 Å². The van der Waals surface area contributed by atoms with Crippen LogP contribution in [0.25, 0.3) is 0 Å². The molecule has 0 aliphatic rings. The molecule has 0 spiro atoms. The minimum atomic E-state index is 0.625. The number of aryl methyl sites for hydroxylation is 1. The van der Waals surface area contributed by atoms with Crippen molar-refractivity contribution in [3.05, 3.63) is 24.0 Å². The lowest BCUT2D eigenvalue weighted by Gasteiger charge is -2.02. The van der Waals surface area contributed by atoms with Crippen LogP contribution in [-0.2, 0) is 17.8 Å². The summed E-state index contributed by atoms with van der Waals surface area (Å²) in [6, 6.07) is 4.26. The van der Waals surface area contributed by atoms with Gasteiger partial charge in [0.2, 0.25) is 0 Å². The highest BCUT2D eigenvalue weighted by Gasteiger charge is 1.96. The summed E-state index contributed by atoms with van der Waals surface area (Å²) >= 11 is 0. The summed E-state index contributed by atoms with van der Waals surface area (Å²) in [5.41, 5.74) is 1.27. The van der Waals surface area contributed by atoms with Crippen molar-refractivity contribution in [3.8, 4) is 6.07 Å². The van der Waals surface area contributed by atoms with Gasteiger partial charge in [-0.3, -0.25) is 0 Å². The summed E-state index contributed by atoms with van der Waals surface area (Å²) in [6.45, 7) is 3.40. The maximum absolute atomic E-state index is 8.44. The molecule has 0 aromatic carbocycles. The lowest BCUT2D eigenvalue weighted by atomic mass is 10.3. The number of aromatic nitrogens is 1. The first-order chi connectivity index (χ1) is 7.86. The van der Waals surface area contributed by atoms with Crippen LogP contribution >= 0.6 is 0 Å². The molecule has 0 saturated carbocycles. The molecular formula is C12H19N3O. The van der Waals surface area contributed by atoms with Gasteiger partial charge in [0, 0.05) is 45.6 Å². The largest absolute Gasteiger partial charge is 0.383 e. The van der Waals surface area contributed by atoms with E-state index in [2.05, 4.69) is 34.4 Å². The van der Waals surface area contributed by atoms with E-state index in [9.17, 15) is 0 Å². The van der Waals surface area contributed by atoms with E-state index in [1.165, 1.54) is 5.56 Å². The van der Waals surface area contributed by atoms with Crippen molar-refractivity contribution in [2.45, 2.75) is 25.9 Å². The van der Waals surface area contributed by atoms with Crippen LogP contribution in [0.1, 0.15) is 18.4 Å². The normalized spacial score (nSPS) is 10.2. The monoisotopic (exact) mass is 221 g/mol. The van der Waals surface area contributed by atoms with Gasteiger partial charge in [-0.2, -0.15) is 5.26 Å². The highest BCUT2D eigenvalue weighted by Crippen LogP contribution is 2.02. The van der Waals surface area contributed by atoms with E-state index in [0.717, 1.165) is 32.7 Å². The Morgan fingerprint density at radius 1 is 1.56 bits per heavy atom. The number of unbranched alkanes of at least 4 members (excludes halogenated alkanes) is 1. The van der Waals surface area contributed by atoms with E-state index in [-0.39, 0.29) is 0 Å². The third kappa shape index (κ3) is 4.96. The van der Waals surface area contributed by atoms with Crippen molar-refractivity contribution in [3.63, 3.8) is 0 Å². The Balaban J connectivity index is 2.20. The van der Waals surface area contributed by atoms with E-state index in [0.29, 0.717) is 6.42 Å². The number of rotatable bonds is 8. The Bertz CT molecular complexity index is 327. The van der Waals surface area contributed by atoms with Gasteiger partial charge in [-0.15, -0.1) is 0 Å². The maximum atomic E-state index is 8.44. The zero-order valence-corrected chi connectivity index (χ0v) is 9.78. The fourth-order valence-electron chi connectivity index (χ4n) is 1.48. The fraction of sp³-hybridized carbons (Fsp3) is 0.583. The van der Waals surface area contributed by atoms with Crippen LogP contribution in [0.2, 0.25) is 0 Å². The molecule has 1 aromatic rings. The van der Waals surface area contributed by atoms with Crippen molar-refractivity contribution in [1.29, 1.82) is 5.26 Å². The lowest BCUT2D eigenvalue weighted by molar-refractivity contribution is 0.199. The molecule has 88 valence electrons. The Hall–Kier alpha value is -1.31. The van der Waals surface area contributed by atoms with E-state index in [4.69, 9.17) is 10.00 Å². The molecule has 0 atom stereocenters. The third-order valence-electron chi connectivity index (χ3n) is 2.33. The van der Waals surface area contributed by atoms with Crippen LogP contribution in [0.5, 0.6) is 0 Å². The molecule has 1 rings (SSSR count). The summed E-state index contributed by atoms with van der Waals surface area (Å²) in [7, 11) is 1.70. The predicted octanol–water partition coefficient (Wildman–Crippen LogP) is 1.53. The lowest BCUT2D eigenvalue weighted by Crippen LogP contribution is -2.18. The van der Waals surface area contributed by atoms with Gasteiger partial charge in [0.25, 0.3) is 0 Å².